The molecule has 1 fully saturated rings. The van der Waals surface area contributed by atoms with Gasteiger partial charge < -0.3 is 20.9 Å². The number of rotatable bonds is 5. The Labute approximate surface area is 208 Å². The number of pyridine rings is 1. The van der Waals surface area contributed by atoms with E-state index in [2.05, 4.69) is 15.4 Å². The highest BCUT2D eigenvalue weighted by atomic mass is 19.4. The molecule has 0 bridgehead atoms. The van der Waals surface area contributed by atoms with E-state index < -0.39 is 35.6 Å². The fourth-order valence-corrected chi connectivity index (χ4v) is 4.11. The largest absolute Gasteiger partial charge is 0.433 e. The molecule has 4 rings (SSSR count). The number of amides is 4. The summed E-state index contributed by atoms with van der Waals surface area (Å²) in [6.07, 6.45) is -4.71. The van der Waals surface area contributed by atoms with Crippen molar-refractivity contribution in [2.45, 2.75) is 25.7 Å². The summed E-state index contributed by atoms with van der Waals surface area (Å²) >= 11 is 0. The topological polar surface area (TPSA) is 144 Å². The monoisotopic (exact) mass is 517 g/mol. The molecule has 3 aromatic rings. The summed E-state index contributed by atoms with van der Waals surface area (Å²) < 4.78 is 40.4. The fraction of sp³-hybridized carbons (Fsp3) is 0.304. The van der Waals surface area contributed by atoms with Gasteiger partial charge in [-0.2, -0.15) is 18.3 Å². The van der Waals surface area contributed by atoms with Gasteiger partial charge in [0.25, 0.3) is 5.91 Å². The van der Waals surface area contributed by atoms with Crippen LogP contribution in [0.25, 0.3) is 10.9 Å². The summed E-state index contributed by atoms with van der Waals surface area (Å²) in [5.41, 5.74) is 4.67. The van der Waals surface area contributed by atoms with Crippen LogP contribution in [-0.2, 0) is 27.1 Å². The Bertz CT molecular complexity index is 1390. The molecule has 14 heteroatoms. The molecule has 1 atom stereocenters. The Morgan fingerprint density at radius 3 is 2.49 bits per heavy atom. The van der Waals surface area contributed by atoms with Crippen LogP contribution in [0.3, 0.4) is 0 Å². The highest BCUT2D eigenvalue weighted by Crippen LogP contribution is 2.28. The maximum atomic E-state index is 13.3. The van der Waals surface area contributed by atoms with E-state index in [4.69, 9.17) is 5.73 Å². The van der Waals surface area contributed by atoms with Crippen LogP contribution in [0.1, 0.15) is 23.1 Å². The first-order chi connectivity index (χ1) is 17.5. The summed E-state index contributed by atoms with van der Waals surface area (Å²) in [4.78, 5) is 56.2. The first-order valence-corrected chi connectivity index (χ1v) is 11.1. The molecule has 0 aliphatic carbocycles. The molecule has 4 amide bonds. The van der Waals surface area contributed by atoms with Gasteiger partial charge in [0.2, 0.25) is 17.7 Å². The molecule has 0 radical (unpaired) electrons. The lowest BCUT2D eigenvalue weighted by molar-refractivity contribution is -0.146. The number of nitrogens with two attached hydrogens (primary N) is 1. The van der Waals surface area contributed by atoms with E-state index in [9.17, 15) is 32.3 Å². The molecule has 11 nitrogen and oxygen atoms in total. The maximum absolute atomic E-state index is 13.3. The van der Waals surface area contributed by atoms with Crippen LogP contribution < -0.4 is 11.1 Å². The van der Waals surface area contributed by atoms with Gasteiger partial charge in [-0.15, -0.1) is 0 Å². The van der Waals surface area contributed by atoms with Gasteiger partial charge in [0.15, 0.2) is 5.69 Å². The van der Waals surface area contributed by atoms with Gasteiger partial charge in [-0.3, -0.25) is 23.9 Å². The molecule has 37 heavy (non-hydrogen) atoms. The maximum Gasteiger partial charge on any atom is 0.433 e. The van der Waals surface area contributed by atoms with Gasteiger partial charge in [-0.1, -0.05) is 24.3 Å². The van der Waals surface area contributed by atoms with Gasteiger partial charge in [0.05, 0.1) is 12.1 Å². The van der Waals surface area contributed by atoms with Crippen LogP contribution in [0.5, 0.6) is 0 Å². The van der Waals surface area contributed by atoms with Crippen molar-refractivity contribution < 1.29 is 32.3 Å². The molecule has 1 saturated heterocycles. The average molecular weight is 517 g/mol. The van der Waals surface area contributed by atoms with Gasteiger partial charge in [-0.05, 0) is 18.2 Å². The molecule has 0 saturated carbocycles. The molecule has 1 aliphatic heterocycles. The minimum atomic E-state index is -4.71. The molecule has 1 aromatic carbocycles. The van der Waals surface area contributed by atoms with E-state index in [-0.39, 0.29) is 43.6 Å². The van der Waals surface area contributed by atoms with Crippen molar-refractivity contribution in [1.82, 2.24) is 24.6 Å². The Morgan fingerprint density at radius 2 is 1.81 bits per heavy atom. The Hall–Kier alpha value is -4.49. The van der Waals surface area contributed by atoms with E-state index in [0.717, 1.165) is 12.1 Å². The average Bonchev–Trinajstić information content (AvgIpc) is 3.22. The van der Waals surface area contributed by atoms with E-state index >= 15 is 0 Å². The van der Waals surface area contributed by atoms with E-state index in [1.54, 1.807) is 24.3 Å². The standard InChI is InChI=1S/C23H22F3N7O4/c1-13(34)31-9-10-32(16(11-31)22(37)29-18-8-4-7-17(28-18)23(24,25)26)19(35)12-33-15-6-3-2-5-14(15)20(30-33)21(27)36/h2-8,16H,9-12H2,1H3,(H2,27,36)(H,28,29,37). The first-order valence-electron chi connectivity index (χ1n) is 11.1. The lowest BCUT2D eigenvalue weighted by Gasteiger charge is -2.40. The van der Waals surface area contributed by atoms with Crippen molar-refractivity contribution >= 4 is 40.3 Å². The number of carbonyl (C=O) groups excluding carboxylic acids is 4. The summed E-state index contributed by atoms with van der Waals surface area (Å²) in [7, 11) is 0. The lowest BCUT2D eigenvalue weighted by atomic mass is 10.1. The Kier molecular flexibility index (Phi) is 6.83. The molecule has 0 spiro atoms. The summed E-state index contributed by atoms with van der Waals surface area (Å²) in [5, 5.41) is 6.92. The van der Waals surface area contributed by atoms with Crippen molar-refractivity contribution in [3.63, 3.8) is 0 Å². The van der Waals surface area contributed by atoms with Crippen LogP contribution in [-0.4, -0.2) is 73.9 Å². The summed E-state index contributed by atoms with van der Waals surface area (Å²) in [6, 6.07) is 8.50. The fourth-order valence-electron chi connectivity index (χ4n) is 4.11. The Morgan fingerprint density at radius 1 is 1.08 bits per heavy atom. The Balaban J connectivity index is 1.60. The van der Waals surface area contributed by atoms with Crippen molar-refractivity contribution in [2.75, 3.05) is 25.0 Å². The second kappa shape index (κ2) is 9.87. The molecule has 1 aliphatic rings. The normalized spacial score (nSPS) is 16.1. The summed E-state index contributed by atoms with van der Waals surface area (Å²) in [6.45, 7) is 0.938. The van der Waals surface area contributed by atoms with Gasteiger partial charge in [0.1, 0.15) is 24.1 Å². The SMILES string of the molecule is CC(=O)N1CCN(C(=O)Cn2nc(C(N)=O)c3ccccc32)C(C(=O)Nc2cccc(C(F)(F)F)n2)C1. The molecule has 1 unspecified atom stereocenters. The van der Waals surface area contributed by atoms with Gasteiger partial charge in [-0.25, -0.2) is 4.98 Å². The number of hydrogen-bond acceptors (Lipinski definition) is 6. The van der Waals surface area contributed by atoms with Crippen LogP contribution >= 0.6 is 0 Å². The number of anilines is 1. The van der Waals surface area contributed by atoms with Crippen molar-refractivity contribution in [3.05, 3.63) is 53.9 Å². The second-order valence-electron chi connectivity index (χ2n) is 8.35. The third kappa shape index (κ3) is 5.37. The highest BCUT2D eigenvalue weighted by Gasteiger charge is 2.37. The third-order valence-electron chi connectivity index (χ3n) is 5.92. The third-order valence-corrected chi connectivity index (χ3v) is 5.92. The van der Waals surface area contributed by atoms with Crippen LogP contribution in [0.2, 0.25) is 0 Å². The van der Waals surface area contributed by atoms with Crippen molar-refractivity contribution in [1.29, 1.82) is 0 Å². The van der Waals surface area contributed by atoms with Gasteiger partial charge in [0, 0.05) is 25.4 Å². The minimum Gasteiger partial charge on any atom is -0.364 e. The quantitative estimate of drug-likeness (QED) is 0.521. The zero-order valence-corrected chi connectivity index (χ0v) is 19.5. The smallest absolute Gasteiger partial charge is 0.364 e. The number of hydrogen-bond donors (Lipinski definition) is 2. The van der Waals surface area contributed by atoms with Crippen molar-refractivity contribution in [2.24, 2.45) is 5.73 Å². The molecular formula is C23H22F3N7O4. The summed E-state index contributed by atoms with van der Waals surface area (Å²) in [5.74, 6) is -2.81. The van der Waals surface area contributed by atoms with Crippen LogP contribution in [0.15, 0.2) is 42.5 Å². The van der Waals surface area contributed by atoms with Crippen molar-refractivity contribution in [3.8, 4) is 0 Å². The zero-order valence-electron chi connectivity index (χ0n) is 19.5. The molecule has 3 N–H and O–H groups in total. The number of halogens is 3. The molecule has 2 aromatic heterocycles. The van der Waals surface area contributed by atoms with E-state index in [1.807, 2.05) is 0 Å². The number of benzene rings is 1. The number of alkyl halides is 3. The second-order valence-corrected chi connectivity index (χ2v) is 8.35. The number of nitrogens with zero attached hydrogens (tertiary/aromatic N) is 5. The van der Waals surface area contributed by atoms with E-state index in [1.165, 1.54) is 27.5 Å². The predicted octanol–water partition coefficient (Wildman–Crippen LogP) is 1.25. The first kappa shape index (κ1) is 25.6. The number of aromatic nitrogens is 3. The molecule has 194 valence electrons. The van der Waals surface area contributed by atoms with E-state index in [0.29, 0.717) is 10.9 Å². The number of piperazine rings is 1. The molecular weight excluding hydrogens is 495 g/mol. The number of nitrogens with one attached hydrogen (secondary N) is 1. The zero-order chi connectivity index (χ0) is 26.9. The lowest BCUT2D eigenvalue weighted by Crippen LogP contribution is -2.60. The van der Waals surface area contributed by atoms with Crippen LogP contribution in [0, 0.1) is 0 Å². The predicted molar refractivity (Wildman–Crippen MR) is 124 cm³/mol. The number of fused-ring (bicyclic) bond motifs is 1. The number of primary amides is 1. The number of carbonyl (C=O) groups is 4. The van der Waals surface area contributed by atoms with Gasteiger partial charge >= 0.3 is 6.18 Å². The highest BCUT2D eigenvalue weighted by molar-refractivity contribution is 6.04. The number of para-hydroxylation sites is 1. The van der Waals surface area contributed by atoms with Crippen LogP contribution in [0.4, 0.5) is 19.0 Å². The minimum absolute atomic E-state index is 0.00556. The molecule has 3 heterocycles.